The molecular formula is C16H20N4O6S. The molecule has 2 aromatic rings. The molecule has 2 N–H and O–H groups in total. The Bertz CT molecular complexity index is 919. The second-order valence-electron chi connectivity index (χ2n) is 5.80. The van der Waals surface area contributed by atoms with Gasteiger partial charge in [-0.2, -0.15) is 0 Å². The van der Waals surface area contributed by atoms with Gasteiger partial charge in [-0.25, -0.2) is 13.1 Å². The van der Waals surface area contributed by atoms with E-state index in [1.54, 1.807) is 13.8 Å². The van der Waals surface area contributed by atoms with E-state index < -0.39 is 14.9 Å². The molecule has 0 radical (unpaired) electrons. The van der Waals surface area contributed by atoms with Crippen LogP contribution in [0.2, 0.25) is 0 Å². The molecule has 11 heteroatoms. The van der Waals surface area contributed by atoms with E-state index in [1.165, 1.54) is 18.2 Å². The number of carbonyl (C=O) groups excluding carboxylic acids is 1. The van der Waals surface area contributed by atoms with E-state index in [4.69, 9.17) is 4.52 Å². The summed E-state index contributed by atoms with van der Waals surface area (Å²) in [5.74, 6) is 0.439. The minimum Gasteiger partial charge on any atom is -0.361 e. The molecule has 0 saturated heterocycles. The Morgan fingerprint density at radius 1 is 1.30 bits per heavy atom. The number of nitro benzene ring substituents is 1. The third-order valence-electron chi connectivity index (χ3n) is 3.86. The van der Waals surface area contributed by atoms with Crippen molar-refractivity contribution in [1.82, 2.24) is 15.2 Å². The van der Waals surface area contributed by atoms with Crippen molar-refractivity contribution in [2.45, 2.75) is 31.6 Å². The number of rotatable bonds is 9. The number of amides is 1. The van der Waals surface area contributed by atoms with Crippen molar-refractivity contribution >= 4 is 21.6 Å². The van der Waals surface area contributed by atoms with Crippen LogP contribution in [0, 0.1) is 24.0 Å². The van der Waals surface area contributed by atoms with Crippen LogP contribution in [-0.2, 0) is 21.2 Å². The lowest BCUT2D eigenvalue weighted by Gasteiger charge is -2.08. The molecule has 0 unspecified atom stereocenters. The largest absolute Gasteiger partial charge is 0.361 e. The van der Waals surface area contributed by atoms with Gasteiger partial charge in [0.2, 0.25) is 15.9 Å². The lowest BCUT2D eigenvalue weighted by molar-refractivity contribution is -0.385. The van der Waals surface area contributed by atoms with Crippen molar-refractivity contribution in [1.29, 1.82) is 0 Å². The van der Waals surface area contributed by atoms with Gasteiger partial charge in [-0.05, 0) is 26.3 Å². The molecule has 0 fully saturated rings. The third kappa shape index (κ3) is 5.59. The topological polar surface area (TPSA) is 144 Å². The molecular weight excluding hydrogens is 376 g/mol. The lowest BCUT2D eigenvalue weighted by Crippen LogP contribution is -2.34. The fourth-order valence-corrected chi connectivity index (χ4v) is 3.49. The van der Waals surface area contributed by atoms with Crippen LogP contribution in [0.1, 0.15) is 23.4 Å². The zero-order valence-corrected chi connectivity index (χ0v) is 15.7. The number of carbonyl (C=O) groups is 1. The zero-order chi connectivity index (χ0) is 20.0. The standard InChI is InChI=1S/C16H20N4O6S/c1-11-15(12(2)26-19-11)6-7-16(21)17-8-9-18-27(24,25)14-5-3-4-13(10-14)20(22)23/h3-5,10,18H,6-9H2,1-2H3,(H,17,21). The number of aromatic nitrogens is 1. The van der Waals surface area contributed by atoms with Crippen molar-refractivity contribution in [3.8, 4) is 0 Å². The molecule has 0 aliphatic carbocycles. The predicted octanol–water partition coefficient (Wildman–Crippen LogP) is 1.23. The van der Waals surface area contributed by atoms with Crippen LogP contribution in [-0.4, -0.2) is 37.5 Å². The molecule has 0 bridgehead atoms. The highest BCUT2D eigenvalue weighted by molar-refractivity contribution is 7.89. The van der Waals surface area contributed by atoms with Gasteiger partial charge in [-0.1, -0.05) is 11.2 Å². The van der Waals surface area contributed by atoms with Crippen molar-refractivity contribution in [3.63, 3.8) is 0 Å². The van der Waals surface area contributed by atoms with Gasteiger partial charge in [0.15, 0.2) is 0 Å². The van der Waals surface area contributed by atoms with Gasteiger partial charge in [0.05, 0.1) is 15.5 Å². The first-order valence-electron chi connectivity index (χ1n) is 8.13. The van der Waals surface area contributed by atoms with Gasteiger partial charge in [0.25, 0.3) is 5.69 Å². The van der Waals surface area contributed by atoms with Crippen LogP contribution in [0.5, 0.6) is 0 Å². The van der Waals surface area contributed by atoms with Gasteiger partial charge in [-0.3, -0.25) is 14.9 Å². The van der Waals surface area contributed by atoms with Crippen molar-refractivity contribution in [3.05, 3.63) is 51.4 Å². The average Bonchev–Trinajstić information content (AvgIpc) is 2.95. The summed E-state index contributed by atoms with van der Waals surface area (Å²) in [5.41, 5.74) is 1.31. The first-order chi connectivity index (χ1) is 12.7. The molecule has 27 heavy (non-hydrogen) atoms. The van der Waals surface area contributed by atoms with Gasteiger partial charge in [-0.15, -0.1) is 0 Å². The molecule has 1 aromatic heterocycles. The highest BCUT2D eigenvalue weighted by Crippen LogP contribution is 2.17. The fraction of sp³-hybridized carbons (Fsp3) is 0.375. The molecule has 1 amide bonds. The molecule has 0 aliphatic rings. The second-order valence-corrected chi connectivity index (χ2v) is 7.57. The predicted molar refractivity (Wildman–Crippen MR) is 95.6 cm³/mol. The molecule has 0 aliphatic heterocycles. The molecule has 0 atom stereocenters. The Labute approximate surface area is 156 Å². The Morgan fingerprint density at radius 3 is 2.67 bits per heavy atom. The first kappa shape index (κ1) is 20.5. The summed E-state index contributed by atoms with van der Waals surface area (Å²) in [6, 6.07) is 4.74. The minimum absolute atomic E-state index is 0.0396. The average molecular weight is 396 g/mol. The summed E-state index contributed by atoms with van der Waals surface area (Å²) >= 11 is 0. The van der Waals surface area contributed by atoms with E-state index in [1.807, 2.05) is 0 Å². The van der Waals surface area contributed by atoms with E-state index in [2.05, 4.69) is 15.2 Å². The summed E-state index contributed by atoms with van der Waals surface area (Å²) in [7, 11) is -3.90. The summed E-state index contributed by atoms with van der Waals surface area (Å²) in [6.07, 6.45) is 0.701. The number of nitro groups is 1. The fourth-order valence-electron chi connectivity index (χ4n) is 2.42. The minimum atomic E-state index is -3.90. The maximum atomic E-state index is 12.1. The maximum Gasteiger partial charge on any atom is 0.270 e. The van der Waals surface area contributed by atoms with Crippen LogP contribution in [0.4, 0.5) is 5.69 Å². The van der Waals surface area contributed by atoms with E-state index in [0.29, 0.717) is 12.2 Å². The maximum absolute atomic E-state index is 12.1. The summed E-state index contributed by atoms with van der Waals surface area (Å²) in [5, 5.41) is 17.2. The van der Waals surface area contributed by atoms with Crippen molar-refractivity contribution in [2.24, 2.45) is 0 Å². The van der Waals surface area contributed by atoms with Gasteiger partial charge in [0, 0.05) is 37.2 Å². The number of hydrogen-bond acceptors (Lipinski definition) is 7. The second kappa shape index (κ2) is 8.73. The first-order valence-corrected chi connectivity index (χ1v) is 9.61. The van der Waals surface area contributed by atoms with E-state index in [0.717, 1.165) is 17.3 Å². The summed E-state index contributed by atoms with van der Waals surface area (Å²) in [4.78, 5) is 21.7. The van der Waals surface area contributed by atoms with Crippen LogP contribution in [0.3, 0.4) is 0 Å². The van der Waals surface area contributed by atoms with E-state index >= 15 is 0 Å². The normalized spacial score (nSPS) is 11.3. The van der Waals surface area contributed by atoms with Crippen LogP contribution in [0.25, 0.3) is 0 Å². The number of nitrogens with zero attached hydrogens (tertiary/aromatic N) is 2. The lowest BCUT2D eigenvalue weighted by atomic mass is 10.1. The molecule has 2 rings (SSSR count). The number of non-ortho nitro benzene ring substituents is 1. The van der Waals surface area contributed by atoms with Gasteiger partial charge < -0.3 is 9.84 Å². The SMILES string of the molecule is Cc1noc(C)c1CCC(=O)NCCNS(=O)(=O)c1cccc([N+](=O)[O-])c1. The van der Waals surface area contributed by atoms with Crippen molar-refractivity contribution < 1.29 is 22.7 Å². The number of hydrogen-bond donors (Lipinski definition) is 2. The Hall–Kier alpha value is -2.79. The Kier molecular flexibility index (Phi) is 6.64. The Balaban J connectivity index is 1.79. The van der Waals surface area contributed by atoms with E-state index in [-0.39, 0.29) is 36.0 Å². The van der Waals surface area contributed by atoms with Gasteiger partial charge in [0.1, 0.15) is 5.76 Å². The van der Waals surface area contributed by atoms with Crippen LogP contribution < -0.4 is 10.0 Å². The highest BCUT2D eigenvalue weighted by atomic mass is 32.2. The number of sulfonamides is 1. The molecule has 0 spiro atoms. The smallest absolute Gasteiger partial charge is 0.270 e. The summed E-state index contributed by atoms with van der Waals surface area (Å²) < 4.78 is 31.6. The third-order valence-corrected chi connectivity index (χ3v) is 5.32. The number of nitrogens with one attached hydrogen (secondary N) is 2. The molecule has 1 aromatic carbocycles. The molecule has 1 heterocycles. The highest BCUT2D eigenvalue weighted by Gasteiger charge is 2.17. The van der Waals surface area contributed by atoms with Gasteiger partial charge >= 0.3 is 0 Å². The molecule has 0 saturated carbocycles. The molecule has 10 nitrogen and oxygen atoms in total. The molecule has 146 valence electrons. The quantitative estimate of drug-likeness (QED) is 0.368. The van der Waals surface area contributed by atoms with Crippen LogP contribution in [0.15, 0.2) is 33.7 Å². The Morgan fingerprint density at radius 2 is 2.04 bits per heavy atom. The number of aryl methyl sites for hydroxylation is 2. The van der Waals surface area contributed by atoms with Crippen LogP contribution >= 0.6 is 0 Å². The zero-order valence-electron chi connectivity index (χ0n) is 14.9. The summed E-state index contributed by atoms with van der Waals surface area (Å²) in [6.45, 7) is 3.62. The van der Waals surface area contributed by atoms with Crippen molar-refractivity contribution in [2.75, 3.05) is 13.1 Å². The number of benzene rings is 1. The van der Waals surface area contributed by atoms with E-state index in [9.17, 15) is 23.3 Å². The monoisotopic (exact) mass is 396 g/mol.